The molecule has 0 saturated carbocycles. The van der Waals surface area contributed by atoms with Crippen LogP contribution in [0.15, 0.2) is 24.3 Å². The van der Waals surface area contributed by atoms with Crippen LogP contribution in [0.2, 0.25) is 0 Å². The van der Waals surface area contributed by atoms with Crippen molar-refractivity contribution in [3.05, 3.63) is 29.8 Å². The van der Waals surface area contributed by atoms with E-state index in [0.717, 1.165) is 17.7 Å². The van der Waals surface area contributed by atoms with Crippen molar-refractivity contribution in [1.82, 2.24) is 10.2 Å². The lowest BCUT2D eigenvalue weighted by Crippen LogP contribution is -2.42. The summed E-state index contributed by atoms with van der Waals surface area (Å²) >= 11 is 0. The number of likely N-dealkylation sites (N-methyl/N-ethyl adjacent to an activating group) is 1. The van der Waals surface area contributed by atoms with E-state index in [-0.39, 0.29) is 37.3 Å². The third kappa shape index (κ3) is 4.58. The first kappa shape index (κ1) is 17.7. The number of nitrogens with one attached hydrogen (secondary N) is 1. The average Bonchev–Trinajstić information content (AvgIpc) is 2.90. The van der Waals surface area contributed by atoms with Gasteiger partial charge in [-0.15, -0.1) is 12.4 Å². The van der Waals surface area contributed by atoms with Crippen LogP contribution in [-0.4, -0.2) is 50.3 Å². The van der Waals surface area contributed by atoms with Crippen LogP contribution in [0, 0.1) is 0 Å². The van der Waals surface area contributed by atoms with Crippen molar-refractivity contribution >= 4 is 18.3 Å². The van der Waals surface area contributed by atoms with Crippen LogP contribution in [0.3, 0.4) is 0 Å². The number of methoxy groups -OCH3 is 1. The maximum absolute atomic E-state index is 13.1. The molecule has 0 bridgehead atoms. The minimum atomic E-state index is -0.911. The highest BCUT2D eigenvalue weighted by molar-refractivity contribution is 5.85. The number of nitrogens with zero attached hydrogens (tertiary/aromatic N) is 1. The highest BCUT2D eigenvalue weighted by atomic mass is 35.5. The normalized spacial score (nSPS) is 20.7. The molecule has 0 radical (unpaired) electrons. The van der Waals surface area contributed by atoms with Gasteiger partial charge in [-0.25, -0.2) is 4.39 Å². The van der Waals surface area contributed by atoms with Crippen LogP contribution in [0.1, 0.15) is 12.0 Å². The zero-order valence-electron chi connectivity index (χ0n) is 12.3. The number of hydrogen-bond donors (Lipinski definition) is 1. The van der Waals surface area contributed by atoms with Crippen LogP contribution in [0.5, 0.6) is 5.75 Å². The third-order valence-electron chi connectivity index (χ3n) is 3.66. The van der Waals surface area contributed by atoms with Gasteiger partial charge in [0.1, 0.15) is 11.9 Å². The van der Waals surface area contributed by atoms with Crippen LogP contribution >= 0.6 is 12.4 Å². The molecule has 0 aliphatic carbocycles. The molecule has 1 aliphatic rings. The van der Waals surface area contributed by atoms with Crippen LogP contribution in [0.4, 0.5) is 4.39 Å². The molecule has 1 aromatic carbocycles. The molecule has 1 aliphatic heterocycles. The number of rotatable bonds is 5. The first-order chi connectivity index (χ1) is 9.61. The van der Waals surface area contributed by atoms with Crippen molar-refractivity contribution < 1.29 is 13.9 Å². The second-order valence-electron chi connectivity index (χ2n) is 5.12. The van der Waals surface area contributed by atoms with Gasteiger partial charge in [-0.05, 0) is 18.1 Å². The fourth-order valence-corrected chi connectivity index (χ4v) is 2.45. The van der Waals surface area contributed by atoms with Crippen molar-refractivity contribution in [3.63, 3.8) is 0 Å². The molecule has 118 valence electrons. The fourth-order valence-electron chi connectivity index (χ4n) is 2.45. The Kier molecular flexibility index (Phi) is 6.92. The van der Waals surface area contributed by atoms with E-state index in [9.17, 15) is 9.18 Å². The minimum Gasteiger partial charge on any atom is -0.496 e. The predicted octanol–water partition coefficient (Wildman–Crippen LogP) is 1.82. The first-order valence-electron chi connectivity index (χ1n) is 6.86. The highest BCUT2D eigenvalue weighted by Crippen LogP contribution is 2.18. The van der Waals surface area contributed by atoms with E-state index >= 15 is 0 Å². The molecule has 2 rings (SSSR count). The topological polar surface area (TPSA) is 41.6 Å². The summed E-state index contributed by atoms with van der Waals surface area (Å²) < 4.78 is 18.4. The summed E-state index contributed by atoms with van der Waals surface area (Å²) in [5, 5.41) is 2.92. The number of carbonyl (C=O) groups is 1. The van der Waals surface area contributed by atoms with Gasteiger partial charge in [0.15, 0.2) is 0 Å². The molecular weight excluding hydrogens is 295 g/mol. The van der Waals surface area contributed by atoms with E-state index in [2.05, 4.69) is 5.32 Å². The summed E-state index contributed by atoms with van der Waals surface area (Å²) in [6, 6.07) is 7.38. The molecule has 0 aromatic heterocycles. The Hall–Kier alpha value is -1.33. The summed E-state index contributed by atoms with van der Waals surface area (Å²) in [4.78, 5) is 13.8. The Labute approximate surface area is 131 Å². The van der Waals surface area contributed by atoms with Crippen molar-refractivity contribution in [2.24, 2.45) is 0 Å². The molecule has 0 spiro atoms. The number of amides is 1. The van der Waals surface area contributed by atoms with E-state index in [0.29, 0.717) is 6.54 Å². The first-order valence-corrected chi connectivity index (χ1v) is 6.86. The molecule has 1 saturated heterocycles. The molecule has 1 fully saturated rings. The van der Waals surface area contributed by atoms with E-state index in [1.807, 2.05) is 24.3 Å². The van der Waals surface area contributed by atoms with Gasteiger partial charge in [-0.3, -0.25) is 4.79 Å². The molecule has 1 amide bonds. The van der Waals surface area contributed by atoms with Gasteiger partial charge >= 0.3 is 0 Å². The average molecular weight is 317 g/mol. The number of para-hydroxylation sites is 1. The van der Waals surface area contributed by atoms with Gasteiger partial charge < -0.3 is 15.0 Å². The molecule has 2 atom stereocenters. The lowest BCUT2D eigenvalue weighted by Gasteiger charge is -2.21. The number of alkyl halides is 1. The summed E-state index contributed by atoms with van der Waals surface area (Å²) in [5.74, 6) is 0.788. The Morgan fingerprint density at radius 2 is 2.19 bits per heavy atom. The molecule has 0 unspecified atom stereocenters. The second kappa shape index (κ2) is 8.20. The number of carbonyl (C=O) groups excluding carboxylic acids is 1. The lowest BCUT2D eigenvalue weighted by molar-refractivity contribution is -0.131. The predicted molar refractivity (Wildman–Crippen MR) is 82.9 cm³/mol. The quantitative estimate of drug-likeness (QED) is 0.901. The Bertz CT molecular complexity index is 473. The van der Waals surface area contributed by atoms with Gasteiger partial charge in [-0.2, -0.15) is 0 Å². The van der Waals surface area contributed by atoms with Crippen molar-refractivity contribution in [1.29, 1.82) is 0 Å². The maximum Gasteiger partial charge on any atom is 0.239 e. The number of halogens is 2. The summed E-state index contributed by atoms with van der Waals surface area (Å²) in [7, 11) is 3.39. The van der Waals surface area contributed by atoms with E-state index in [1.54, 1.807) is 19.1 Å². The van der Waals surface area contributed by atoms with Gasteiger partial charge in [-0.1, -0.05) is 18.2 Å². The van der Waals surface area contributed by atoms with E-state index in [4.69, 9.17) is 4.74 Å². The van der Waals surface area contributed by atoms with Crippen LogP contribution < -0.4 is 10.1 Å². The number of benzene rings is 1. The number of ether oxygens (including phenoxy) is 1. The maximum atomic E-state index is 13.1. The molecule has 4 nitrogen and oxygen atoms in total. The molecule has 1 heterocycles. The smallest absolute Gasteiger partial charge is 0.239 e. The second-order valence-corrected chi connectivity index (χ2v) is 5.12. The SMILES string of the molecule is COc1ccccc1CCN(C)C(=O)[C@H]1C[C@H](F)CN1.Cl. The van der Waals surface area contributed by atoms with Crippen molar-refractivity contribution in [3.8, 4) is 5.75 Å². The monoisotopic (exact) mass is 316 g/mol. The third-order valence-corrected chi connectivity index (χ3v) is 3.66. The molecule has 21 heavy (non-hydrogen) atoms. The summed E-state index contributed by atoms with van der Waals surface area (Å²) in [6.07, 6.45) is 0.0853. The fraction of sp³-hybridized carbons (Fsp3) is 0.533. The van der Waals surface area contributed by atoms with Gasteiger partial charge in [0.05, 0.1) is 13.2 Å². The van der Waals surface area contributed by atoms with E-state index < -0.39 is 6.17 Å². The zero-order chi connectivity index (χ0) is 14.5. The highest BCUT2D eigenvalue weighted by Gasteiger charge is 2.30. The standard InChI is InChI=1S/C15H21FN2O2.ClH/c1-18(15(19)13-9-12(16)10-17-13)8-7-11-5-3-4-6-14(11)20-2;/h3-6,12-13,17H,7-10H2,1-2H3;1H/t12-,13+;/m0./s1. The van der Waals surface area contributed by atoms with Crippen molar-refractivity contribution in [2.75, 3.05) is 27.2 Å². The van der Waals surface area contributed by atoms with Gasteiger partial charge in [0.2, 0.25) is 5.91 Å². The van der Waals surface area contributed by atoms with Crippen LogP contribution in [0.25, 0.3) is 0 Å². The molecular formula is C15H22ClFN2O2. The largest absolute Gasteiger partial charge is 0.496 e. The van der Waals surface area contributed by atoms with Crippen molar-refractivity contribution in [2.45, 2.75) is 25.1 Å². The molecule has 1 N–H and O–H groups in total. The van der Waals surface area contributed by atoms with E-state index in [1.165, 1.54) is 0 Å². The summed E-state index contributed by atoms with van der Waals surface area (Å²) in [6.45, 7) is 0.866. The Morgan fingerprint density at radius 1 is 1.48 bits per heavy atom. The molecule has 6 heteroatoms. The Morgan fingerprint density at radius 3 is 2.81 bits per heavy atom. The summed E-state index contributed by atoms with van der Waals surface area (Å²) in [5.41, 5.74) is 1.07. The Balaban J connectivity index is 0.00000220. The molecule has 1 aromatic rings. The van der Waals surface area contributed by atoms with Gasteiger partial charge in [0.25, 0.3) is 0 Å². The minimum absolute atomic E-state index is 0. The van der Waals surface area contributed by atoms with Gasteiger partial charge in [0, 0.05) is 26.6 Å². The zero-order valence-corrected chi connectivity index (χ0v) is 13.2. The number of hydrogen-bond acceptors (Lipinski definition) is 3. The van der Waals surface area contributed by atoms with Crippen LogP contribution in [-0.2, 0) is 11.2 Å². The lowest BCUT2D eigenvalue weighted by atomic mass is 10.1.